The molecule has 96 valence electrons. The Bertz CT molecular complexity index is 321. The molecule has 2 heteroatoms. The molecule has 17 heavy (non-hydrogen) atoms. The highest BCUT2D eigenvalue weighted by Crippen LogP contribution is 2.25. The topological polar surface area (TPSA) is 29.5 Å². The van der Waals surface area contributed by atoms with E-state index in [9.17, 15) is 0 Å². The first-order chi connectivity index (χ1) is 8.33. The molecule has 0 aliphatic rings. The molecule has 0 fully saturated rings. The highest BCUT2D eigenvalue weighted by Gasteiger charge is 2.08. The van der Waals surface area contributed by atoms with Gasteiger partial charge in [0.05, 0.1) is 7.11 Å². The van der Waals surface area contributed by atoms with E-state index in [1.807, 2.05) is 6.07 Å². The molecule has 0 aromatic heterocycles. The molecule has 0 bridgehead atoms. The summed E-state index contributed by atoms with van der Waals surface area (Å²) < 4.78 is 5.43. The number of hydrogen-bond acceptors (Lipinski definition) is 2. The van der Waals surface area contributed by atoms with Crippen LogP contribution in [0.4, 0.5) is 0 Å². The second kappa shape index (κ2) is 8.13. The van der Waals surface area contributed by atoms with Crippen LogP contribution in [0.2, 0.25) is 0 Å². The second-order valence-corrected chi connectivity index (χ2v) is 4.38. The standard InChI is InChI=1S/C15H24O2/c1-3-4-8-13-9-7-11-15(17-2)14(13)10-5-6-12-16/h7,9,11,16H,3-6,8,10,12H2,1-2H3. The summed E-state index contributed by atoms with van der Waals surface area (Å²) in [5.41, 5.74) is 2.74. The Kier molecular flexibility index (Phi) is 6.71. The number of aliphatic hydroxyl groups excluding tert-OH is 1. The summed E-state index contributed by atoms with van der Waals surface area (Å²) in [5.74, 6) is 0.997. The van der Waals surface area contributed by atoms with Gasteiger partial charge in [0.1, 0.15) is 5.75 Å². The first-order valence-corrected chi connectivity index (χ1v) is 6.59. The van der Waals surface area contributed by atoms with Gasteiger partial charge in [-0.1, -0.05) is 25.5 Å². The van der Waals surface area contributed by atoms with Gasteiger partial charge in [-0.05, 0) is 49.3 Å². The fraction of sp³-hybridized carbons (Fsp3) is 0.600. The number of methoxy groups -OCH3 is 1. The third-order valence-corrected chi connectivity index (χ3v) is 3.08. The zero-order chi connectivity index (χ0) is 12.5. The number of unbranched alkanes of at least 4 members (excludes halogenated alkanes) is 2. The first-order valence-electron chi connectivity index (χ1n) is 6.59. The SMILES string of the molecule is CCCCc1cccc(OC)c1CCCCO. The highest BCUT2D eigenvalue weighted by molar-refractivity contribution is 5.40. The maximum atomic E-state index is 8.85. The van der Waals surface area contributed by atoms with E-state index in [0.717, 1.165) is 31.4 Å². The molecule has 0 atom stereocenters. The van der Waals surface area contributed by atoms with Crippen LogP contribution in [0.25, 0.3) is 0 Å². The molecule has 1 N–H and O–H groups in total. The van der Waals surface area contributed by atoms with Crippen molar-refractivity contribution >= 4 is 0 Å². The molecule has 0 saturated heterocycles. The summed E-state index contributed by atoms with van der Waals surface area (Å²) in [5, 5.41) is 8.85. The third kappa shape index (κ3) is 4.39. The minimum Gasteiger partial charge on any atom is -0.496 e. The van der Waals surface area contributed by atoms with Crippen molar-refractivity contribution in [2.24, 2.45) is 0 Å². The van der Waals surface area contributed by atoms with Gasteiger partial charge in [-0.25, -0.2) is 0 Å². The zero-order valence-corrected chi connectivity index (χ0v) is 11.0. The van der Waals surface area contributed by atoms with E-state index >= 15 is 0 Å². The van der Waals surface area contributed by atoms with Gasteiger partial charge in [0.15, 0.2) is 0 Å². The molecular formula is C15H24O2. The summed E-state index contributed by atoms with van der Waals surface area (Å²) in [6, 6.07) is 6.30. The van der Waals surface area contributed by atoms with Crippen LogP contribution in [-0.4, -0.2) is 18.8 Å². The number of ether oxygens (including phenoxy) is 1. The summed E-state index contributed by atoms with van der Waals surface area (Å²) in [6.07, 6.45) is 6.46. The fourth-order valence-corrected chi connectivity index (χ4v) is 2.10. The predicted molar refractivity (Wildman–Crippen MR) is 71.6 cm³/mol. The molecule has 2 nitrogen and oxygen atoms in total. The molecule has 1 aromatic carbocycles. The van der Waals surface area contributed by atoms with Crippen LogP contribution < -0.4 is 4.74 Å². The second-order valence-electron chi connectivity index (χ2n) is 4.38. The van der Waals surface area contributed by atoms with Crippen molar-refractivity contribution in [3.63, 3.8) is 0 Å². The van der Waals surface area contributed by atoms with Crippen LogP contribution >= 0.6 is 0 Å². The monoisotopic (exact) mass is 236 g/mol. The molecule has 0 radical (unpaired) electrons. The van der Waals surface area contributed by atoms with E-state index in [1.165, 1.54) is 24.0 Å². The van der Waals surface area contributed by atoms with Crippen molar-refractivity contribution in [1.82, 2.24) is 0 Å². The smallest absolute Gasteiger partial charge is 0.122 e. The molecule has 0 aliphatic carbocycles. The van der Waals surface area contributed by atoms with Crippen LogP contribution in [0.5, 0.6) is 5.75 Å². The minimum atomic E-state index is 0.277. The van der Waals surface area contributed by atoms with Gasteiger partial charge in [-0.15, -0.1) is 0 Å². The van der Waals surface area contributed by atoms with E-state index in [-0.39, 0.29) is 6.61 Å². The van der Waals surface area contributed by atoms with Gasteiger partial charge in [0.25, 0.3) is 0 Å². The molecule has 0 saturated carbocycles. The molecule has 0 spiro atoms. The number of aliphatic hydroxyl groups is 1. The van der Waals surface area contributed by atoms with Gasteiger partial charge in [0.2, 0.25) is 0 Å². The van der Waals surface area contributed by atoms with Crippen molar-refractivity contribution in [2.75, 3.05) is 13.7 Å². The lowest BCUT2D eigenvalue weighted by atomic mass is 9.97. The van der Waals surface area contributed by atoms with E-state index < -0.39 is 0 Å². The van der Waals surface area contributed by atoms with E-state index in [0.29, 0.717) is 0 Å². The molecule has 1 aromatic rings. The predicted octanol–water partition coefficient (Wildman–Crippen LogP) is 3.35. The van der Waals surface area contributed by atoms with E-state index in [4.69, 9.17) is 9.84 Å². The zero-order valence-electron chi connectivity index (χ0n) is 11.0. The average molecular weight is 236 g/mol. The molecular weight excluding hydrogens is 212 g/mol. The summed E-state index contributed by atoms with van der Waals surface area (Å²) in [6.45, 7) is 2.49. The third-order valence-electron chi connectivity index (χ3n) is 3.08. The van der Waals surface area contributed by atoms with E-state index in [1.54, 1.807) is 7.11 Å². The van der Waals surface area contributed by atoms with Crippen LogP contribution in [0.15, 0.2) is 18.2 Å². The largest absolute Gasteiger partial charge is 0.496 e. The van der Waals surface area contributed by atoms with Crippen LogP contribution in [0, 0.1) is 0 Å². The number of hydrogen-bond donors (Lipinski definition) is 1. The first kappa shape index (κ1) is 14.0. The summed E-state index contributed by atoms with van der Waals surface area (Å²) in [7, 11) is 1.73. The van der Waals surface area contributed by atoms with Crippen LogP contribution in [-0.2, 0) is 12.8 Å². The van der Waals surface area contributed by atoms with Gasteiger partial charge in [-0.3, -0.25) is 0 Å². The summed E-state index contributed by atoms with van der Waals surface area (Å²) >= 11 is 0. The van der Waals surface area contributed by atoms with Crippen LogP contribution in [0.3, 0.4) is 0 Å². The van der Waals surface area contributed by atoms with Crippen molar-refractivity contribution in [3.05, 3.63) is 29.3 Å². The van der Waals surface area contributed by atoms with Crippen LogP contribution in [0.1, 0.15) is 43.7 Å². The molecule has 0 aliphatic heterocycles. The Morgan fingerprint density at radius 1 is 1.12 bits per heavy atom. The summed E-state index contributed by atoms with van der Waals surface area (Å²) in [4.78, 5) is 0. The lowest BCUT2D eigenvalue weighted by Crippen LogP contribution is -1.99. The Labute approximate surface area is 105 Å². The average Bonchev–Trinajstić information content (AvgIpc) is 2.37. The van der Waals surface area contributed by atoms with Gasteiger partial charge in [0, 0.05) is 6.61 Å². The van der Waals surface area contributed by atoms with Crippen molar-refractivity contribution < 1.29 is 9.84 Å². The van der Waals surface area contributed by atoms with Gasteiger partial charge in [-0.2, -0.15) is 0 Å². The molecule has 0 unspecified atom stereocenters. The molecule has 0 amide bonds. The maximum Gasteiger partial charge on any atom is 0.122 e. The normalized spacial score (nSPS) is 10.5. The Morgan fingerprint density at radius 2 is 1.94 bits per heavy atom. The van der Waals surface area contributed by atoms with Crippen molar-refractivity contribution in [3.8, 4) is 5.75 Å². The lowest BCUT2D eigenvalue weighted by molar-refractivity contribution is 0.284. The van der Waals surface area contributed by atoms with Crippen molar-refractivity contribution in [1.29, 1.82) is 0 Å². The molecule has 0 heterocycles. The highest BCUT2D eigenvalue weighted by atomic mass is 16.5. The number of rotatable bonds is 8. The Balaban J connectivity index is 2.78. The Morgan fingerprint density at radius 3 is 2.59 bits per heavy atom. The minimum absolute atomic E-state index is 0.277. The fourth-order valence-electron chi connectivity index (χ4n) is 2.10. The number of aryl methyl sites for hydroxylation is 1. The van der Waals surface area contributed by atoms with E-state index in [2.05, 4.69) is 19.1 Å². The molecule has 1 rings (SSSR count). The quantitative estimate of drug-likeness (QED) is 0.701. The van der Waals surface area contributed by atoms with Crippen molar-refractivity contribution in [2.45, 2.75) is 45.4 Å². The maximum absolute atomic E-state index is 8.85. The number of benzene rings is 1. The van der Waals surface area contributed by atoms with Gasteiger partial charge < -0.3 is 9.84 Å². The lowest BCUT2D eigenvalue weighted by Gasteiger charge is -2.13. The Hall–Kier alpha value is -1.02. The van der Waals surface area contributed by atoms with Gasteiger partial charge >= 0.3 is 0 Å².